The van der Waals surface area contributed by atoms with Crippen molar-refractivity contribution in [3.63, 3.8) is 0 Å². The van der Waals surface area contributed by atoms with Crippen LogP contribution in [0.3, 0.4) is 0 Å². The van der Waals surface area contributed by atoms with E-state index in [1.807, 2.05) is 44.6 Å². The molecule has 2 aromatic carbocycles. The highest BCUT2D eigenvalue weighted by Crippen LogP contribution is 2.31. The molecule has 33 heavy (non-hydrogen) atoms. The molecule has 7 nitrogen and oxygen atoms in total. The summed E-state index contributed by atoms with van der Waals surface area (Å²) < 4.78 is 12.8. The molecule has 1 heterocycles. The van der Waals surface area contributed by atoms with Crippen LogP contribution in [-0.2, 0) is 0 Å². The first-order valence-corrected chi connectivity index (χ1v) is 11.0. The smallest absolute Gasteiger partial charge is 0.274 e. The predicted molar refractivity (Wildman–Crippen MR) is 134 cm³/mol. The Morgan fingerprint density at radius 1 is 1.12 bits per heavy atom. The fraction of sp³-hybridized carbons (Fsp3) is 0.280. The Kier molecular flexibility index (Phi) is 8.01. The molecular weight excluding hydrogens is 440 g/mol. The van der Waals surface area contributed by atoms with Crippen molar-refractivity contribution in [2.75, 3.05) is 33.1 Å². The van der Waals surface area contributed by atoms with Gasteiger partial charge in [0.1, 0.15) is 12.0 Å². The van der Waals surface area contributed by atoms with Crippen LogP contribution in [0.25, 0.3) is 11.1 Å². The Morgan fingerprint density at radius 3 is 2.48 bits per heavy atom. The summed E-state index contributed by atoms with van der Waals surface area (Å²) in [7, 11) is 5.30. The van der Waals surface area contributed by atoms with E-state index in [1.54, 1.807) is 47.3 Å². The minimum Gasteiger partial charge on any atom is -0.493 e. The number of rotatable bonds is 9. The number of methoxy groups -OCH3 is 1. The molecule has 0 aliphatic carbocycles. The summed E-state index contributed by atoms with van der Waals surface area (Å²) >= 11 is 6.01. The summed E-state index contributed by atoms with van der Waals surface area (Å²) in [5, 5.41) is 7.98. The molecule has 3 rings (SSSR count). The van der Waals surface area contributed by atoms with E-state index in [4.69, 9.17) is 21.1 Å². The number of hydrogen-bond donors (Lipinski definition) is 1. The van der Waals surface area contributed by atoms with Crippen molar-refractivity contribution in [3.05, 3.63) is 65.4 Å². The molecule has 0 saturated carbocycles. The maximum Gasteiger partial charge on any atom is 0.274 e. The van der Waals surface area contributed by atoms with E-state index < -0.39 is 0 Å². The van der Waals surface area contributed by atoms with E-state index in [2.05, 4.69) is 24.3 Å². The molecule has 0 unspecified atom stereocenters. The third-order valence-electron chi connectivity index (χ3n) is 4.61. The van der Waals surface area contributed by atoms with Gasteiger partial charge in [0, 0.05) is 42.6 Å². The molecule has 0 radical (unpaired) electrons. The maximum atomic E-state index is 13.2. The van der Waals surface area contributed by atoms with Gasteiger partial charge in [0.05, 0.1) is 13.7 Å². The standard InChI is InChI=1S/C25H29ClN4O3/c1-17(2)15-33-23-11-10-21(13-24(23)32-5)28-25(31)22-12-19(14-30(22)27-16-29(3)4)18-6-8-20(26)9-7-18/h6-14,16-17H,15H2,1-5H3,(H,28,31). The van der Waals surface area contributed by atoms with Crippen molar-refractivity contribution in [3.8, 4) is 22.6 Å². The lowest BCUT2D eigenvalue weighted by Gasteiger charge is -2.14. The number of amides is 1. The second kappa shape index (κ2) is 10.9. The van der Waals surface area contributed by atoms with E-state index in [0.717, 1.165) is 11.1 Å². The molecule has 174 valence electrons. The largest absolute Gasteiger partial charge is 0.493 e. The average molecular weight is 469 g/mol. The Balaban J connectivity index is 1.88. The number of anilines is 1. The van der Waals surface area contributed by atoms with Crippen LogP contribution in [0.1, 0.15) is 24.3 Å². The van der Waals surface area contributed by atoms with E-state index in [9.17, 15) is 4.79 Å². The summed E-state index contributed by atoms with van der Waals surface area (Å²) in [5.74, 6) is 1.27. The quantitative estimate of drug-likeness (QED) is 0.334. The minimum atomic E-state index is -0.302. The van der Waals surface area contributed by atoms with E-state index in [1.165, 1.54) is 0 Å². The molecule has 1 amide bonds. The molecule has 0 atom stereocenters. The first-order valence-electron chi connectivity index (χ1n) is 10.6. The Bertz CT molecular complexity index is 1120. The molecule has 3 aromatic rings. The molecule has 1 N–H and O–H groups in total. The van der Waals surface area contributed by atoms with Gasteiger partial charge in [-0.1, -0.05) is 37.6 Å². The molecule has 0 aliphatic heterocycles. The van der Waals surface area contributed by atoms with Crippen LogP contribution in [0.2, 0.25) is 5.02 Å². The first-order chi connectivity index (χ1) is 15.8. The molecule has 1 aromatic heterocycles. The fourth-order valence-corrected chi connectivity index (χ4v) is 3.12. The van der Waals surface area contributed by atoms with Gasteiger partial charge in [0.25, 0.3) is 5.91 Å². The average Bonchev–Trinajstić information content (AvgIpc) is 3.21. The Labute approximate surface area is 199 Å². The van der Waals surface area contributed by atoms with Crippen LogP contribution in [0.15, 0.2) is 59.8 Å². The maximum absolute atomic E-state index is 13.2. The van der Waals surface area contributed by atoms with Crippen LogP contribution in [0.5, 0.6) is 11.5 Å². The Hall–Kier alpha value is -3.45. The van der Waals surface area contributed by atoms with Crippen molar-refractivity contribution in [2.24, 2.45) is 11.0 Å². The highest BCUT2D eigenvalue weighted by molar-refractivity contribution is 6.30. The first kappa shape index (κ1) is 24.2. The van der Waals surface area contributed by atoms with Crippen LogP contribution in [0.4, 0.5) is 5.69 Å². The van der Waals surface area contributed by atoms with Crippen LogP contribution in [0, 0.1) is 5.92 Å². The topological polar surface area (TPSA) is 68.1 Å². The summed E-state index contributed by atoms with van der Waals surface area (Å²) in [6.07, 6.45) is 3.44. The molecule has 0 aliphatic rings. The lowest BCUT2D eigenvalue weighted by molar-refractivity contribution is 0.101. The number of halogens is 1. The van der Waals surface area contributed by atoms with Gasteiger partial charge < -0.3 is 19.7 Å². The van der Waals surface area contributed by atoms with Gasteiger partial charge in [0.15, 0.2) is 11.5 Å². The highest BCUT2D eigenvalue weighted by atomic mass is 35.5. The summed E-state index contributed by atoms with van der Waals surface area (Å²) in [4.78, 5) is 15.0. The van der Waals surface area contributed by atoms with Gasteiger partial charge >= 0.3 is 0 Å². The molecule has 0 bridgehead atoms. The van der Waals surface area contributed by atoms with Crippen molar-refractivity contribution in [1.29, 1.82) is 0 Å². The van der Waals surface area contributed by atoms with E-state index in [-0.39, 0.29) is 5.91 Å². The predicted octanol–water partition coefficient (Wildman–Crippen LogP) is 5.46. The lowest BCUT2D eigenvalue weighted by atomic mass is 10.1. The van der Waals surface area contributed by atoms with Gasteiger partial charge in [-0.2, -0.15) is 5.10 Å². The Morgan fingerprint density at radius 2 is 1.85 bits per heavy atom. The number of ether oxygens (including phenoxy) is 2. The van der Waals surface area contributed by atoms with Crippen molar-refractivity contribution < 1.29 is 14.3 Å². The number of benzene rings is 2. The van der Waals surface area contributed by atoms with Gasteiger partial charge in [-0.3, -0.25) is 4.79 Å². The third-order valence-corrected chi connectivity index (χ3v) is 4.86. The van der Waals surface area contributed by atoms with Gasteiger partial charge in [-0.15, -0.1) is 0 Å². The molecule has 0 fully saturated rings. The molecule has 8 heteroatoms. The zero-order chi connectivity index (χ0) is 24.0. The number of carbonyl (C=O) groups excluding carboxylic acids is 1. The number of nitrogens with zero attached hydrogens (tertiary/aromatic N) is 3. The zero-order valence-corrected chi connectivity index (χ0v) is 20.3. The fourth-order valence-electron chi connectivity index (χ4n) is 2.99. The number of aromatic nitrogens is 1. The normalized spacial score (nSPS) is 11.1. The summed E-state index contributed by atoms with van der Waals surface area (Å²) in [5.41, 5.74) is 2.76. The van der Waals surface area contributed by atoms with Crippen molar-refractivity contribution in [2.45, 2.75) is 13.8 Å². The highest BCUT2D eigenvalue weighted by Gasteiger charge is 2.16. The van der Waals surface area contributed by atoms with Crippen LogP contribution in [-0.4, -0.2) is 49.6 Å². The number of nitrogens with one attached hydrogen (secondary N) is 1. The van der Waals surface area contributed by atoms with Crippen molar-refractivity contribution >= 4 is 29.5 Å². The minimum absolute atomic E-state index is 0.302. The molecule has 0 spiro atoms. The zero-order valence-electron chi connectivity index (χ0n) is 19.5. The second-order valence-electron chi connectivity index (χ2n) is 8.18. The molecular formula is C25H29ClN4O3. The SMILES string of the molecule is COc1cc(NC(=O)c2cc(-c3ccc(Cl)cc3)cn2N=CN(C)C)ccc1OCC(C)C. The summed E-state index contributed by atoms with van der Waals surface area (Å²) in [6.45, 7) is 4.73. The number of hydrogen-bond acceptors (Lipinski definition) is 4. The van der Waals surface area contributed by atoms with Crippen LogP contribution >= 0.6 is 11.6 Å². The van der Waals surface area contributed by atoms with Gasteiger partial charge in [-0.25, -0.2) is 4.68 Å². The number of carbonyl (C=O) groups is 1. The van der Waals surface area contributed by atoms with Crippen molar-refractivity contribution in [1.82, 2.24) is 9.58 Å². The monoisotopic (exact) mass is 468 g/mol. The van der Waals surface area contributed by atoms with Gasteiger partial charge in [0.2, 0.25) is 0 Å². The van der Waals surface area contributed by atoms with Crippen LogP contribution < -0.4 is 14.8 Å². The second-order valence-corrected chi connectivity index (χ2v) is 8.62. The third kappa shape index (κ3) is 6.52. The van der Waals surface area contributed by atoms with E-state index in [0.29, 0.717) is 40.4 Å². The lowest BCUT2D eigenvalue weighted by Crippen LogP contribution is -2.16. The molecule has 0 saturated heterocycles. The van der Waals surface area contributed by atoms with E-state index >= 15 is 0 Å². The summed E-state index contributed by atoms with van der Waals surface area (Å²) in [6, 6.07) is 14.5. The van der Waals surface area contributed by atoms with Gasteiger partial charge in [-0.05, 0) is 41.8 Å².